The topological polar surface area (TPSA) is 58.6 Å². The minimum absolute atomic E-state index is 0.0783. The van der Waals surface area contributed by atoms with E-state index in [0.717, 1.165) is 35.4 Å². The molecule has 1 aromatic carbocycles. The Morgan fingerprint density at radius 3 is 2.47 bits per heavy atom. The summed E-state index contributed by atoms with van der Waals surface area (Å²) in [6.07, 6.45) is 3.84. The molecule has 0 unspecified atom stereocenters. The molecule has 0 bridgehead atoms. The van der Waals surface area contributed by atoms with Crippen molar-refractivity contribution in [3.05, 3.63) is 76.6 Å². The SMILES string of the molecule is [C-]#[N+]c1ccc2c(n1)c(N1C[C@@H](C)N(c3cncc4ccccc34)C[C@@H]1C)cc(=O)n2C. The third kappa shape index (κ3) is 3.16. The molecule has 0 saturated carbocycles. The van der Waals surface area contributed by atoms with E-state index in [9.17, 15) is 4.79 Å². The highest BCUT2D eigenvalue weighted by Crippen LogP contribution is 2.33. The lowest BCUT2D eigenvalue weighted by Crippen LogP contribution is -2.57. The van der Waals surface area contributed by atoms with Gasteiger partial charge in [-0.15, -0.1) is 4.98 Å². The van der Waals surface area contributed by atoms with Crippen molar-refractivity contribution < 1.29 is 0 Å². The van der Waals surface area contributed by atoms with Crippen molar-refractivity contribution in [1.82, 2.24) is 14.5 Å². The van der Waals surface area contributed by atoms with Crippen LogP contribution in [-0.2, 0) is 7.05 Å². The third-order valence-electron chi connectivity index (χ3n) is 6.42. The number of nitrogens with zero attached hydrogens (tertiary/aromatic N) is 6. The fourth-order valence-electron chi connectivity index (χ4n) is 4.71. The van der Waals surface area contributed by atoms with Gasteiger partial charge >= 0.3 is 0 Å². The second-order valence-corrected chi connectivity index (χ2v) is 8.46. The van der Waals surface area contributed by atoms with Crippen LogP contribution in [0.1, 0.15) is 13.8 Å². The molecule has 4 aromatic rings. The molecule has 0 N–H and O–H groups in total. The van der Waals surface area contributed by atoms with Crippen molar-refractivity contribution >= 4 is 39.0 Å². The number of anilines is 2. The molecule has 0 spiro atoms. The summed E-state index contributed by atoms with van der Waals surface area (Å²) in [4.78, 5) is 29.9. The molecule has 5 rings (SSSR count). The quantitative estimate of drug-likeness (QED) is 0.453. The number of rotatable bonds is 2. The smallest absolute Gasteiger partial charge is 0.270 e. The summed E-state index contributed by atoms with van der Waals surface area (Å²) in [6, 6.07) is 13.8. The maximum Gasteiger partial charge on any atom is 0.270 e. The first-order valence-electron chi connectivity index (χ1n) is 10.7. The van der Waals surface area contributed by atoms with Crippen molar-refractivity contribution in [2.24, 2.45) is 7.05 Å². The monoisotopic (exact) mass is 424 g/mol. The molecule has 1 aliphatic rings. The number of pyridine rings is 3. The van der Waals surface area contributed by atoms with E-state index in [4.69, 9.17) is 6.57 Å². The van der Waals surface area contributed by atoms with Crippen LogP contribution < -0.4 is 15.4 Å². The Balaban J connectivity index is 1.57. The molecule has 1 fully saturated rings. The standard InChI is InChI=1S/C25H24N6O/c1-16-15-31(22-13-27-12-18-7-5-6-8-19(18)22)17(2)14-30(16)21-11-24(32)29(4)20-9-10-23(26-3)28-25(20)21/h5-13,16-17H,14-15H2,1-2,4H3/t16-,17+/m0/s1. The third-order valence-corrected chi connectivity index (χ3v) is 6.42. The van der Waals surface area contributed by atoms with Gasteiger partial charge in [-0.2, -0.15) is 0 Å². The maximum absolute atomic E-state index is 12.7. The number of hydrogen-bond donors (Lipinski definition) is 0. The molecule has 0 amide bonds. The summed E-state index contributed by atoms with van der Waals surface area (Å²) < 4.78 is 1.59. The van der Waals surface area contributed by atoms with Gasteiger partial charge in [0.25, 0.3) is 11.4 Å². The first-order valence-corrected chi connectivity index (χ1v) is 10.7. The van der Waals surface area contributed by atoms with Gasteiger partial charge in [0.2, 0.25) is 5.52 Å². The number of aryl methyl sites for hydroxylation is 1. The van der Waals surface area contributed by atoms with E-state index in [1.807, 2.05) is 24.5 Å². The molecule has 1 saturated heterocycles. The highest BCUT2D eigenvalue weighted by molar-refractivity contribution is 5.94. The van der Waals surface area contributed by atoms with E-state index in [0.29, 0.717) is 11.3 Å². The van der Waals surface area contributed by atoms with Gasteiger partial charge in [0.15, 0.2) is 0 Å². The number of piperazine rings is 1. The summed E-state index contributed by atoms with van der Waals surface area (Å²) in [7, 11) is 1.74. The Hall–Kier alpha value is -3.92. The molecule has 160 valence electrons. The molecule has 32 heavy (non-hydrogen) atoms. The Bertz CT molecular complexity index is 1430. The molecular formula is C25H24N6O. The van der Waals surface area contributed by atoms with Crippen LogP contribution in [0, 0.1) is 6.57 Å². The Morgan fingerprint density at radius 1 is 1.00 bits per heavy atom. The molecule has 2 atom stereocenters. The largest absolute Gasteiger partial charge is 0.363 e. The van der Waals surface area contributed by atoms with Crippen LogP contribution in [0.15, 0.2) is 59.7 Å². The number of aromatic nitrogens is 3. The van der Waals surface area contributed by atoms with Gasteiger partial charge in [0.1, 0.15) is 0 Å². The lowest BCUT2D eigenvalue weighted by Gasteiger charge is -2.46. The van der Waals surface area contributed by atoms with Crippen LogP contribution in [0.3, 0.4) is 0 Å². The number of benzene rings is 1. The molecule has 7 nitrogen and oxygen atoms in total. The molecular weight excluding hydrogens is 400 g/mol. The lowest BCUT2D eigenvalue weighted by molar-refractivity contribution is 0.482. The molecule has 0 radical (unpaired) electrons. The van der Waals surface area contributed by atoms with Gasteiger partial charge in [-0.1, -0.05) is 30.8 Å². The van der Waals surface area contributed by atoms with Crippen molar-refractivity contribution in [2.75, 3.05) is 22.9 Å². The van der Waals surface area contributed by atoms with Gasteiger partial charge in [-0.3, -0.25) is 9.78 Å². The Morgan fingerprint density at radius 2 is 1.72 bits per heavy atom. The Labute approximate surface area is 186 Å². The van der Waals surface area contributed by atoms with Gasteiger partial charge in [0, 0.05) is 55.3 Å². The van der Waals surface area contributed by atoms with E-state index >= 15 is 0 Å². The van der Waals surface area contributed by atoms with Crippen LogP contribution in [0.5, 0.6) is 0 Å². The molecule has 4 heterocycles. The first kappa shape index (κ1) is 20.0. The molecule has 1 aliphatic heterocycles. The van der Waals surface area contributed by atoms with Crippen LogP contribution in [-0.4, -0.2) is 39.7 Å². The van der Waals surface area contributed by atoms with E-state index < -0.39 is 0 Å². The van der Waals surface area contributed by atoms with E-state index in [1.165, 1.54) is 5.39 Å². The average molecular weight is 425 g/mol. The van der Waals surface area contributed by atoms with E-state index in [1.54, 1.807) is 23.7 Å². The zero-order chi connectivity index (χ0) is 22.4. The average Bonchev–Trinajstić information content (AvgIpc) is 2.82. The lowest BCUT2D eigenvalue weighted by atomic mass is 10.0. The number of fused-ring (bicyclic) bond motifs is 2. The normalized spacial score (nSPS) is 18.8. The predicted molar refractivity (Wildman–Crippen MR) is 129 cm³/mol. The second-order valence-electron chi connectivity index (χ2n) is 8.46. The summed E-state index contributed by atoms with van der Waals surface area (Å²) in [5.41, 5.74) is 3.28. The minimum atomic E-state index is -0.0783. The summed E-state index contributed by atoms with van der Waals surface area (Å²) in [5.74, 6) is 0.332. The summed E-state index contributed by atoms with van der Waals surface area (Å²) >= 11 is 0. The van der Waals surface area contributed by atoms with Gasteiger partial charge in [-0.25, -0.2) is 0 Å². The molecule has 3 aromatic heterocycles. The van der Waals surface area contributed by atoms with E-state index in [-0.39, 0.29) is 17.6 Å². The minimum Gasteiger partial charge on any atom is -0.363 e. The van der Waals surface area contributed by atoms with Crippen LogP contribution in [0.25, 0.3) is 26.7 Å². The highest BCUT2D eigenvalue weighted by Gasteiger charge is 2.32. The van der Waals surface area contributed by atoms with Gasteiger partial charge in [-0.05, 0) is 26.0 Å². The first-order chi connectivity index (χ1) is 15.5. The van der Waals surface area contributed by atoms with E-state index in [2.05, 4.69) is 56.7 Å². The fourth-order valence-corrected chi connectivity index (χ4v) is 4.71. The van der Waals surface area contributed by atoms with Crippen molar-refractivity contribution in [3.63, 3.8) is 0 Å². The van der Waals surface area contributed by atoms with Crippen molar-refractivity contribution in [3.8, 4) is 0 Å². The van der Waals surface area contributed by atoms with Crippen LogP contribution in [0.4, 0.5) is 17.2 Å². The highest BCUT2D eigenvalue weighted by atomic mass is 16.1. The van der Waals surface area contributed by atoms with Crippen molar-refractivity contribution in [1.29, 1.82) is 0 Å². The van der Waals surface area contributed by atoms with Gasteiger partial charge < -0.3 is 19.2 Å². The predicted octanol–water partition coefficient (Wildman–Crippen LogP) is 4.14. The molecule has 7 heteroatoms. The maximum atomic E-state index is 12.7. The zero-order valence-corrected chi connectivity index (χ0v) is 18.4. The molecule has 0 aliphatic carbocycles. The van der Waals surface area contributed by atoms with Gasteiger partial charge in [0.05, 0.1) is 23.1 Å². The fraction of sp³-hybridized carbons (Fsp3) is 0.280. The zero-order valence-electron chi connectivity index (χ0n) is 18.4. The Kier molecular flexibility index (Phi) is 4.78. The van der Waals surface area contributed by atoms with Crippen molar-refractivity contribution in [2.45, 2.75) is 25.9 Å². The van der Waals surface area contributed by atoms with Crippen LogP contribution in [0.2, 0.25) is 0 Å². The second kappa shape index (κ2) is 7.65. The summed E-state index contributed by atoms with van der Waals surface area (Å²) in [6.45, 7) is 13.2. The summed E-state index contributed by atoms with van der Waals surface area (Å²) in [5, 5.41) is 2.32. The number of hydrogen-bond acceptors (Lipinski definition) is 5. The van der Waals surface area contributed by atoms with Crippen LogP contribution >= 0.6 is 0 Å².